The van der Waals surface area contributed by atoms with Gasteiger partial charge in [-0.3, -0.25) is 4.79 Å². The topological polar surface area (TPSA) is 76.5 Å². The number of carbonyl (C=O) groups excluding carboxylic acids is 1. The van der Waals surface area contributed by atoms with E-state index in [-0.39, 0.29) is 11.7 Å². The van der Waals surface area contributed by atoms with Crippen molar-refractivity contribution in [2.75, 3.05) is 0 Å². The summed E-state index contributed by atoms with van der Waals surface area (Å²) >= 11 is 0. The van der Waals surface area contributed by atoms with Crippen LogP contribution in [0.25, 0.3) is 5.78 Å². The molecule has 7 nitrogen and oxygen atoms in total. The Morgan fingerprint density at radius 2 is 1.96 bits per heavy atom. The summed E-state index contributed by atoms with van der Waals surface area (Å²) in [6.07, 6.45) is 3.25. The van der Waals surface area contributed by atoms with Crippen molar-refractivity contribution in [3.8, 4) is 0 Å². The van der Waals surface area contributed by atoms with Crippen LogP contribution in [-0.2, 0) is 13.1 Å². The zero-order chi connectivity index (χ0) is 17.9. The fraction of sp³-hybridized carbons (Fsp3) is 0.158. The van der Waals surface area contributed by atoms with Gasteiger partial charge in [-0.25, -0.2) is 9.50 Å². The van der Waals surface area contributed by atoms with Gasteiger partial charge in [-0.05, 0) is 30.7 Å². The number of aromatic nitrogens is 4. The molecule has 26 heavy (non-hydrogen) atoms. The molecular formula is C19H17N5O2. The van der Waals surface area contributed by atoms with Gasteiger partial charge in [0.05, 0.1) is 12.8 Å². The molecule has 0 bridgehead atoms. The van der Waals surface area contributed by atoms with Crippen LogP contribution < -0.4 is 0 Å². The van der Waals surface area contributed by atoms with Crippen LogP contribution in [-0.4, -0.2) is 30.4 Å². The molecule has 0 spiro atoms. The third-order valence-electron chi connectivity index (χ3n) is 4.05. The Morgan fingerprint density at radius 1 is 1.12 bits per heavy atom. The molecular weight excluding hydrogens is 330 g/mol. The first-order chi connectivity index (χ1) is 12.7. The van der Waals surface area contributed by atoms with Gasteiger partial charge < -0.3 is 9.32 Å². The molecule has 0 unspecified atom stereocenters. The van der Waals surface area contributed by atoms with Gasteiger partial charge in [0, 0.05) is 18.4 Å². The van der Waals surface area contributed by atoms with E-state index in [1.807, 2.05) is 49.4 Å². The van der Waals surface area contributed by atoms with Crippen molar-refractivity contribution in [1.29, 1.82) is 0 Å². The van der Waals surface area contributed by atoms with Gasteiger partial charge in [0.2, 0.25) is 5.82 Å². The number of carbonyl (C=O) groups is 1. The smallest absolute Gasteiger partial charge is 0.294 e. The van der Waals surface area contributed by atoms with Gasteiger partial charge in [0.25, 0.3) is 11.7 Å². The van der Waals surface area contributed by atoms with E-state index in [9.17, 15) is 4.79 Å². The Kier molecular flexibility index (Phi) is 4.18. The van der Waals surface area contributed by atoms with E-state index in [1.54, 1.807) is 27.9 Å². The Hall–Kier alpha value is -3.48. The fourth-order valence-electron chi connectivity index (χ4n) is 2.73. The summed E-state index contributed by atoms with van der Waals surface area (Å²) in [7, 11) is 0. The van der Waals surface area contributed by atoms with Gasteiger partial charge in [-0.2, -0.15) is 4.98 Å². The number of amides is 1. The first-order valence-electron chi connectivity index (χ1n) is 8.24. The Labute approximate surface area is 149 Å². The molecule has 7 heteroatoms. The minimum Gasteiger partial charge on any atom is -0.467 e. The zero-order valence-corrected chi connectivity index (χ0v) is 14.2. The van der Waals surface area contributed by atoms with Gasteiger partial charge in [0.15, 0.2) is 0 Å². The average molecular weight is 347 g/mol. The highest BCUT2D eigenvalue weighted by Gasteiger charge is 2.22. The van der Waals surface area contributed by atoms with E-state index < -0.39 is 0 Å². The first-order valence-corrected chi connectivity index (χ1v) is 8.24. The molecule has 4 aromatic rings. The van der Waals surface area contributed by atoms with Crippen molar-refractivity contribution in [3.05, 3.63) is 83.8 Å². The van der Waals surface area contributed by atoms with Crippen LogP contribution in [0.1, 0.15) is 27.6 Å². The predicted octanol–water partition coefficient (Wildman–Crippen LogP) is 2.87. The number of hydrogen-bond acceptors (Lipinski definition) is 5. The van der Waals surface area contributed by atoms with Gasteiger partial charge >= 0.3 is 0 Å². The lowest BCUT2D eigenvalue weighted by atomic mass is 10.2. The van der Waals surface area contributed by atoms with Gasteiger partial charge in [-0.15, -0.1) is 5.10 Å². The number of furan rings is 1. The average Bonchev–Trinajstić information content (AvgIpc) is 3.32. The summed E-state index contributed by atoms with van der Waals surface area (Å²) in [6.45, 7) is 2.66. The molecule has 0 saturated heterocycles. The maximum atomic E-state index is 13.1. The molecule has 0 fully saturated rings. The van der Waals surface area contributed by atoms with Crippen LogP contribution in [0.5, 0.6) is 0 Å². The van der Waals surface area contributed by atoms with Crippen LogP contribution in [0, 0.1) is 6.92 Å². The summed E-state index contributed by atoms with van der Waals surface area (Å²) in [5.74, 6) is 0.961. The summed E-state index contributed by atoms with van der Waals surface area (Å²) in [4.78, 5) is 23.2. The molecule has 3 heterocycles. The van der Waals surface area contributed by atoms with Crippen molar-refractivity contribution in [2.24, 2.45) is 0 Å². The van der Waals surface area contributed by atoms with E-state index in [0.29, 0.717) is 24.6 Å². The molecule has 3 aromatic heterocycles. The van der Waals surface area contributed by atoms with Crippen LogP contribution in [0.2, 0.25) is 0 Å². The maximum absolute atomic E-state index is 13.1. The normalized spacial score (nSPS) is 11.0. The van der Waals surface area contributed by atoms with Crippen molar-refractivity contribution in [2.45, 2.75) is 20.0 Å². The highest BCUT2D eigenvalue weighted by Crippen LogP contribution is 2.14. The third kappa shape index (κ3) is 3.19. The minimum absolute atomic E-state index is 0.120. The number of nitrogens with zero attached hydrogens (tertiary/aromatic N) is 5. The number of hydrogen-bond donors (Lipinski definition) is 0. The van der Waals surface area contributed by atoms with E-state index in [4.69, 9.17) is 4.42 Å². The standard InChI is InChI=1S/C19H17N5O2/c1-14-9-10-20-19-21-17(22-24(14)19)18(25)23(13-16-8-5-11-26-16)12-15-6-3-2-4-7-15/h2-11H,12-13H2,1H3. The molecule has 1 amide bonds. The lowest BCUT2D eigenvalue weighted by Gasteiger charge is -2.20. The molecule has 0 aliphatic heterocycles. The van der Waals surface area contributed by atoms with E-state index in [1.165, 1.54) is 0 Å². The van der Waals surface area contributed by atoms with Crippen molar-refractivity contribution in [1.82, 2.24) is 24.5 Å². The molecule has 0 radical (unpaired) electrons. The third-order valence-corrected chi connectivity index (χ3v) is 4.05. The quantitative estimate of drug-likeness (QED) is 0.555. The molecule has 0 saturated carbocycles. The van der Waals surface area contributed by atoms with Gasteiger partial charge in [0.1, 0.15) is 5.76 Å². The molecule has 0 atom stereocenters. The van der Waals surface area contributed by atoms with Crippen molar-refractivity contribution < 1.29 is 9.21 Å². The number of benzene rings is 1. The highest BCUT2D eigenvalue weighted by molar-refractivity contribution is 5.90. The number of aryl methyl sites for hydroxylation is 1. The Balaban J connectivity index is 1.66. The summed E-state index contributed by atoms with van der Waals surface area (Å²) in [6, 6.07) is 15.3. The van der Waals surface area contributed by atoms with E-state index in [2.05, 4.69) is 15.1 Å². The lowest BCUT2D eigenvalue weighted by Crippen LogP contribution is -2.31. The molecule has 0 aliphatic carbocycles. The SMILES string of the molecule is Cc1ccnc2nc(C(=O)N(Cc3ccccc3)Cc3ccco3)nn12. The molecule has 0 N–H and O–H groups in total. The summed E-state index contributed by atoms with van der Waals surface area (Å²) < 4.78 is 6.98. The maximum Gasteiger partial charge on any atom is 0.294 e. The molecule has 130 valence electrons. The van der Waals surface area contributed by atoms with Crippen LogP contribution in [0.3, 0.4) is 0 Å². The minimum atomic E-state index is -0.268. The second kappa shape index (κ2) is 6.79. The predicted molar refractivity (Wildman–Crippen MR) is 94.2 cm³/mol. The molecule has 4 rings (SSSR count). The number of fused-ring (bicyclic) bond motifs is 1. The van der Waals surface area contributed by atoms with E-state index in [0.717, 1.165) is 11.3 Å². The lowest BCUT2D eigenvalue weighted by molar-refractivity contribution is 0.0705. The van der Waals surface area contributed by atoms with Crippen molar-refractivity contribution >= 4 is 11.7 Å². The molecule has 1 aromatic carbocycles. The van der Waals surface area contributed by atoms with E-state index >= 15 is 0 Å². The first kappa shape index (κ1) is 16.0. The fourth-order valence-corrected chi connectivity index (χ4v) is 2.73. The van der Waals surface area contributed by atoms with Crippen LogP contribution >= 0.6 is 0 Å². The number of rotatable bonds is 5. The second-order valence-corrected chi connectivity index (χ2v) is 5.96. The summed E-state index contributed by atoms with van der Waals surface area (Å²) in [5, 5.41) is 4.33. The molecule has 0 aliphatic rings. The Morgan fingerprint density at radius 3 is 2.69 bits per heavy atom. The van der Waals surface area contributed by atoms with Crippen molar-refractivity contribution in [3.63, 3.8) is 0 Å². The summed E-state index contributed by atoms with van der Waals surface area (Å²) in [5.41, 5.74) is 1.88. The van der Waals surface area contributed by atoms with Crippen LogP contribution in [0.15, 0.2) is 65.4 Å². The highest BCUT2D eigenvalue weighted by atomic mass is 16.3. The zero-order valence-electron chi connectivity index (χ0n) is 14.2. The second-order valence-electron chi connectivity index (χ2n) is 5.96. The van der Waals surface area contributed by atoms with Crippen LogP contribution in [0.4, 0.5) is 0 Å². The Bertz CT molecular complexity index is 1020. The monoisotopic (exact) mass is 347 g/mol. The largest absolute Gasteiger partial charge is 0.467 e. The van der Waals surface area contributed by atoms with Gasteiger partial charge in [-0.1, -0.05) is 30.3 Å².